The second-order valence-electron chi connectivity index (χ2n) is 6.50. The lowest BCUT2D eigenvalue weighted by Gasteiger charge is -2.11. The highest BCUT2D eigenvalue weighted by Gasteiger charge is 2.10. The summed E-state index contributed by atoms with van der Waals surface area (Å²) in [7, 11) is 1.85. The number of pyridine rings is 1. The van der Waals surface area contributed by atoms with E-state index in [2.05, 4.69) is 44.1 Å². The van der Waals surface area contributed by atoms with E-state index < -0.39 is 0 Å². The molecule has 0 aliphatic rings. The number of anilines is 1. The number of carbonyl (C=O) groups is 1. The highest BCUT2D eigenvalue weighted by molar-refractivity contribution is 5.91. The first-order chi connectivity index (χ1) is 11.9. The van der Waals surface area contributed by atoms with Crippen LogP contribution < -0.4 is 10.6 Å². The second-order valence-corrected chi connectivity index (χ2v) is 6.50. The Kier molecular flexibility index (Phi) is 4.69. The summed E-state index contributed by atoms with van der Waals surface area (Å²) in [6.07, 6.45) is 5.31. The van der Waals surface area contributed by atoms with Crippen LogP contribution in [0.2, 0.25) is 0 Å². The van der Waals surface area contributed by atoms with E-state index in [9.17, 15) is 4.79 Å². The van der Waals surface area contributed by atoms with Crippen molar-refractivity contribution in [2.24, 2.45) is 13.0 Å². The van der Waals surface area contributed by atoms with Gasteiger partial charge in [0, 0.05) is 31.4 Å². The SMILES string of the molecule is Cc1nn(C)c2ncc(NC(=O)NCc3nccn3CC(C)C)cc12. The first-order valence-electron chi connectivity index (χ1n) is 8.28. The normalized spacial score (nSPS) is 11.2. The molecule has 0 atom stereocenters. The molecule has 25 heavy (non-hydrogen) atoms. The van der Waals surface area contributed by atoms with Crippen molar-refractivity contribution < 1.29 is 4.79 Å². The van der Waals surface area contributed by atoms with Gasteiger partial charge < -0.3 is 15.2 Å². The summed E-state index contributed by atoms with van der Waals surface area (Å²) < 4.78 is 3.78. The minimum atomic E-state index is -0.290. The fourth-order valence-electron chi connectivity index (χ4n) is 2.78. The molecule has 2 amide bonds. The Morgan fingerprint density at radius 1 is 1.32 bits per heavy atom. The van der Waals surface area contributed by atoms with Crippen LogP contribution in [0.3, 0.4) is 0 Å². The molecule has 0 saturated carbocycles. The zero-order valence-electron chi connectivity index (χ0n) is 14.9. The van der Waals surface area contributed by atoms with Crippen LogP contribution in [0.15, 0.2) is 24.7 Å². The van der Waals surface area contributed by atoms with Crippen LogP contribution in [0.4, 0.5) is 10.5 Å². The first kappa shape index (κ1) is 16.9. The van der Waals surface area contributed by atoms with Crippen molar-refractivity contribution in [3.8, 4) is 0 Å². The van der Waals surface area contributed by atoms with Gasteiger partial charge in [-0.1, -0.05) is 13.8 Å². The van der Waals surface area contributed by atoms with E-state index in [0.29, 0.717) is 18.2 Å². The molecule has 0 spiro atoms. The highest BCUT2D eigenvalue weighted by atomic mass is 16.2. The lowest BCUT2D eigenvalue weighted by atomic mass is 10.2. The third kappa shape index (κ3) is 3.78. The van der Waals surface area contributed by atoms with E-state index in [1.807, 2.05) is 26.2 Å². The van der Waals surface area contributed by atoms with Crippen LogP contribution in [0.5, 0.6) is 0 Å². The molecule has 0 unspecified atom stereocenters. The number of carbonyl (C=O) groups excluding carboxylic acids is 1. The van der Waals surface area contributed by atoms with Gasteiger partial charge in [0.1, 0.15) is 5.82 Å². The van der Waals surface area contributed by atoms with Crippen molar-refractivity contribution in [3.05, 3.63) is 36.2 Å². The van der Waals surface area contributed by atoms with Crippen LogP contribution >= 0.6 is 0 Å². The van der Waals surface area contributed by atoms with Crippen LogP contribution in [0.25, 0.3) is 11.0 Å². The predicted octanol–water partition coefficient (Wildman–Crippen LogP) is 2.45. The number of rotatable bonds is 5. The maximum absolute atomic E-state index is 12.2. The molecule has 3 aromatic heterocycles. The minimum absolute atomic E-state index is 0.290. The molecular weight excluding hydrogens is 318 g/mol. The smallest absolute Gasteiger partial charge is 0.319 e. The zero-order valence-corrected chi connectivity index (χ0v) is 14.9. The van der Waals surface area contributed by atoms with Gasteiger partial charge >= 0.3 is 6.03 Å². The number of amides is 2. The third-order valence-electron chi connectivity index (χ3n) is 3.89. The molecule has 3 rings (SSSR count). The Morgan fingerprint density at radius 2 is 2.12 bits per heavy atom. The molecule has 0 saturated heterocycles. The lowest BCUT2D eigenvalue weighted by Crippen LogP contribution is -2.29. The molecule has 0 radical (unpaired) electrons. The number of hydrogen-bond acceptors (Lipinski definition) is 4. The van der Waals surface area contributed by atoms with Gasteiger partial charge in [0.15, 0.2) is 5.65 Å². The van der Waals surface area contributed by atoms with Crippen molar-refractivity contribution in [1.82, 2.24) is 29.6 Å². The van der Waals surface area contributed by atoms with Crippen LogP contribution in [-0.4, -0.2) is 30.3 Å². The van der Waals surface area contributed by atoms with E-state index in [4.69, 9.17) is 0 Å². The number of hydrogen-bond donors (Lipinski definition) is 2. The van der Waals surface area contributed by atoms with E-state index in [-0.39, 0.29) is 6.03 Å². The van der Waals surface area contributed by atoms with Crippen molar-refractivity contribution in [2.75, 3.05) is 5.32 Å². The van der Waals surface area contributed by atoms with Gasteiger partial charge in [-0.15, -0.1) is 0 Å². The van der Waals surface area contributed by atoms with E-state index >= 15 is 0 Å². The van der Waals surface area contributed by atoms with Crippen LogP contribution in [-0.2, 0) is 20.1 Å². The number of fused-ring (bicyclic) bond motifs is 1. The summed E-state index contributed by atoms with van der Waals surface area (Å²) >= 11 is 0. The molecule has 3 aromatic rings. The molecule has 0 aliphatic carbocycles. The molecule has 8 nitrogen and oxygen atoms in total. The maximum Gasteiger partial charge on any atom is 0.319 e. The topological polar surface area (TPSA) is 89.7 Å². The second kappa shape index (κ2) is 6.92. The highest BCUT2D eigenvalue weighted by Crippen LogP contribution is 2.19. The number of urea groups is 1. The number of nitrogens with zero attached hydrogens (tertiary/aromatic N) is 5. The molecule has 2 N–H and O–H groups in total. The zero-order chi connectivity index (χ0) is 18.0. The lowest BCUT2D eigenvalue weighted by molar-refractivity contribution is 0.251. The Morgan fingerprint density at radius 3 is 2.88 bits per heavy atom. The Bertz CT molecular complexity index is 894. The first-order valence-corrected chi connectivity index (χ1v) is 8.28. The van der Waals surface area contributed by atoms with E-state index in [0.717, 1.165) is 29.1 Å². The van der Waals surface area contributed by atoms with Gasteiger partial charge in [0.05, 0.1) is 24.1 Å². The van der Waals surface area contributed by atoms with Crippen LogP contribution in [0.1, 0.15) is 25.4 Å². The molecule has 0 fully saturated rings. The van der Waals surface area contributed by atoms with Crippen molar-refractivity contribution in [3.63, 3.8) is 0 Å². The fraction of sp³-hybridized carbons (Fsp3) is 0.412. The summed E-state index contributed by atoms with van der Waals surface area (Å²) in [5, 5.41) is 10.9. The summed E-state index contributed by atoms with van der Waals surface area (Å²) in [4.78, 5) is 20.8. The Labute approximate surface area is 146 Å². The average molecular weight is 341 g/mol. The fourth-order valence-corrected chi connectivity index (χ4v) is 2.78. The third-order valence-corrected chi connectivity index (χ3v) is 3.89. The Balaban J connectivity index is 1.63. The maximum atomic E-state index is 12.2. The van der Waals surface area contributed by atoms with E-state index in [1.165, 1.54) is 0 Å². The van der Waals surface area contributed by atoms with Gasteiger partial charge in [-0.05, 0) is 18.9 Å². The number of aromatic nitrogens is 5. The van der Waals surface area contributed by atoms with Gasteiger partial charge in [-0.2, -0.15) is 5.10 Å². The van der Waals surface area contributed by atoms with Crippen molar-refractivity contribution in [2.45, 2.75) is 33.9 Å². The molecule has 0 aliphatic heterocycles. The van der Waals surface area contributed by atoms with Crippen molar-refractivity contribution >= 4 is 22.8 Å². The number of imidazole rings is 1. The summed E-state index contributed by atoms with van der Waals surface area (Å²) in [6.45, 7) is 7.45. The summed E-state index contributed by atoms with van der Waals surface area (Å²) in [6, 6.07) is 1.59. The Hall–Kier alpha value is -2.90. The summed E-state index contributed by atoms with van der Waals surface area (Å²) in [5.74, 6) is 1.35. The molecule has 132 valence electrons. The monoisotopic (exact) mass is 341 g/mol. The standard InChI is InChI=1S/C17H23N7O/c1-11(2)10-24-6-5-18-15(24)9-20-17(25)21-13-7-14-12(3)22-23(4)16(14)19-8-13/h5-8,11H,9-10H2,1-4H3,(H2,20,21,25). The minimum Gasteiger partial charge on any atom is -0.333 e. The van der Waals surface area contributed by atoms with E-state index in [1.54, 1.807) is 17.1 Å². The number of nitrogens with one attached hydrogen (secondary N) is 2. The van der Waals surface area contributed by atoms with Crippen molar-refractivity contribution in [1.29, 1.82) is 0 Å². The largest absolute Gasteiger partial charge is 0.333 e. The summed E-state index contributed by atoms with van der Waals surface area (Å²) in [5.41, 5.74) is 2.30. The molecule has 0 bridgehead atoms. The van der Waals surface area contributed by atoms with Gasteiger partial charge in [0.2, 0.25) is 0 Å². The average Bonchev–Trinajstić information content (AvgIpc) is 3.09. The molecule has 0 aromatic carbocycles. The van der Waals surface area contributed by atoms with Gasteiger partial charge in [0.25, 0.3) is 0 Å². The molecule has 8 heteroatoms. The van der Waals surface area contributed by atoms with Gasteiger partial charge in [-0.3, -0.25) is 4.68 Å². The van der Waals surface area contributed by atoms with Gasteiger partial charge in [-0.25, -0.2) is 14.8 Å². The molecular formula is C17H23N7O. The predicted molar refractivity (Wildman–Crippen MR) is 96.2 cm³/mol. The van der Waals surface area contributed by atoms with Crippen LogP contribution in [0, 0.1) is 12.8 Å². The quantitative estimate of drug-likeness (QED) is 0.746. The number of aryl methyl sites for hydroxylation is 2. The molecule has 3 heterocycles.